The molecule has 3 aliphatic rings. The van der Waals surface area contributed by atoms with E-state index in [-0.39, 0.29) is 17.1 Å². The number of piperidine rings is 2. The van der Waals surface area contributed by atoms with Crippen molar-refractivity contribution in [3.05, 3.63) is 64.7 Å². The number of benzene rings is 2. The topological polar surface area (TPSA) is 96.4 Å². The molecule has 0 aromatic heterocycles. The van der Waals surface area contributed by atoms with Gasteiger partial charge in [-0.2, -0.15) is 4.31 Å². The minimum atomic E-state index is -4.20. The summed E-state index contributed by atoms with van der Waals surface area (Å²) >= 11 is 6.02. The number of carbonyl (C=O) groups is 1. The van der Waals surface area contributed by atoms with Crippen LogP contribution in [0.1, 0.15) is 63.0 Å². The molecule has 1 amide bonds. The van der Waals surface area contributed by atoms with Gasteiger partial charge in [-0.3, -0.25) is 0 Å². The van der Waals surface area contributed by atoms with Gasteiger partial charge in [-0.25, -0.2) is 22.0 Å². The van der Waals surface area contributed by atoms with Crippen molar-refractivity contribution in [1.82, 2.24) is 9.21 Å². The summed E-state index contributed by atoms with van der Waals surface area (Å²) in [7, 11) is -2.60. The van der Waals surface area contributed by atoms with Gasteiger partial charge in [0.1, 0.15) is 17.2 Å². The number of carbonyl (C=O) groups excluding carboxylic acids is 1. The van der Waals surface area contributed by atoms with E-state index in [0.29, 0.717) is 69.5 Å². The average Bonchev–Trinajstić information content (AvgIpc) is 3.73. The number of hydrogen-bond donors (Lipinski definition) is 1. The first-order valence-corrected chi connectivity index (χ1v) is 15.7. The highest BCUT2D eigenvalue weighted by Crippen LogP contribution is 2.53. The third-order valence-corrected chi connectivity index (χ3v) is 11.0. The number of aliphatic hydroxyl groups excluding tert-OH is 1. The van der Waals surface area contributed by atoms with E-state index >= 15 is 0 Å². The van der Waals surface area contributed by atoms with E-state index in [4.69, 9.17) is 21.1 Å². The highest BCUT2D eigenvalue weighted by Gasteiger charge is 2.60. The zero-order chi connectivity index (χ0) is 29.4. The predicted molar refractivity (Wildman–Crippen MR) is 148 cm³/mol. The molecule has 2 saturated heterocycles. The fourth-order valence-corrected chi connectivity index (χ4v) is 8.38. The van der Waals surface area contributed by atoms with Crippen molar-refractivity contribution < 1.29 is 36.6 Å². The van der Waals surface area contributed by atoms with Crippen molar-refractivity contribution in [3.63, 3.8) is 0 Å². The molecule has 5 rings (SSSR count). The SMILES string of the molecule is COC1(CCO)CCN(C(=O)OC2([C@H]3CCC[C@@H](c4cc(F)cc(F)c4)N3S(=O)(=O)c3ccc(Cl)cc3)CC2)CC1. The number of rotatable bonds is 8. The van der Waals surface area contributed by atoms with Crippen molar-refractivity contribution in [2.75, 3.05) is 26.8 Å². The first-order valence-electron chi connectivity index (χ1n) is 13.9. The van der Waals surface area contributed by atoms with Crippen LogP contribution in [-0.2, 0) is 19.5 Å². The molecule has 41 heavy (non-hydrogen) atoms. The van der Waals surface area contributed by atoms with E-state index < -0.39 is 51.0 Å². The van der Waals surface area contributed by atoms with Gasteiger partial charge in [-0.1, -0.05) is 11.6 Å². The molecule has 1 N–H and O–H groups in total. The van der Waals surface area contributed by atoms with Gasteiger partial charge < -0.3 is 19.5 Å². The van der Waals surface area contributed by atoms with Crippen LogP contribution in [0.25, 0.3) is 0 Å². The lowest BCUT2D eigenvalue weighted by Crippen LogP contribution is -2.55. The number of ether oxygens (including phenoxy) is 2. The number of methoxy groups -OCH3 is 1. The summed E-state index contributed by atoms with van der Waals surface area (Å²) in [5, 5.41) is 9.80. The second-order valence-corrected chi connectivity index (χ2v) is 13.5. The fraction of sp³-hybridized carbons (Fsp3) is 0.552. The Balaban J connectivity index is 1.45. The number of aliphatic hydroxyl groups is 1. The number of halogens is 3. The normalized spacial score (nSPS) is 24.2. The van der Waals surface area contributed by atoms with Gasteiger partial charge in [-0.15, -0.1) is 0 Å². The molecule has 2 heterocycles. The Kier molecular flexibility index (Phi) is 8.65. The molecule has 12 heteroatoms. The Morgan fingerprint density at radius 2 is 1.68 bits per heavy atom. The van der Waals surface area contributed by atoms with Gasteiger partial charge >= 0.3 is 6.09 Å². The first-order chi connectivity index (χ1) is 19.5. The van der Waals surface area contributed by atoms with E-state index in [1.165, 1.54) is 28.6 Å². The molecular formula is C29H35ClF2N2O6S. The molecule has 2 aromatic rings. The van der Waals surface area contributed by atoms with Crippen LogP contribution in [0, 0.1) is 11.6 Å². The quantitative estimate of drug-likeness (QED) is 0.427. The summed E-state index contributed by atoms with van der Waals surface area (Å²) in [4.78, 5) is 15.0. The van der Waals surface area contributed by atoms with E-state index in [0.717, 1.165) is 18.2 Å². The van der Waals surface area contributed by atoms with Crippen LogP contribution in [-0.4, -0.2) is 72.9 Å². The molecule has 2 atom stereocenters. The lowest BCUT2D eigenvalue weighted by molar-refractivity contribution is -0.0735. The standard InChI is InChI=1S/C29H35ClF2N2O6S/c1-39-28(13-16-35)11-14-33(15-12-28)27(36)40-29(9-10-29)26-4-2-3-25(20-17-22(31)19-23(32)18-20)34(26)41(37,38)24-7-5-21(30)6-8-24/h5-8,17-19,25-26,35H,2-4,9-16H2,1H3/t25-,26+/m0/s1. The smallest absolute Gasteiger partial charge is 0.410 e. The van der Waals surface area contributed by atoms with Crippen molar-refractivity contribution in [2.45, 2.75) is 79.5 Å². The third-order valence-electron chi connectivity index (χ3n) is 8.80. The van der Waals surface area contributed by atoms with Gasteiger partial charge in [0.15, 0.2) is 0 Å². The van der Waals surface area contributed by atoms with Crippen molar-refractivity contribution in [3.8, 4) is 0 Å². The number of likely N-dealkylation sites (tertiary alicyclic amines) is 1. The van der Waals surface area contributed by atoms with Gasteiger partial charge in [0.05, 0.1) is 22.6 Å². The Labute approximate surface area is 244 Å². The molecule has 1 aliphatic carbocycles. The van der Waals surface area contributed by atoms with Crippen LogP contribution in [0.2, 0.25) is 5.02 Å². The largest absolute Gasteiger partial charge is 0.441 e. The van der Waals surface area contributed by atoms with E-state index in [1.54, 1.807) is 12.0 Å². The lowest BCUT2D eigenvalue weighted by atomic mass is 9.88. The second-order valence-electron chi connectivity index (χ2n) is 11.2. The fourth-order valence-electron chi connectivity index (χ4n) is 6.34. The number of hydrogen-bond acceptors (Lipinski definition) is 6. The number of sulfonamides is 1. The highest BCUT2D eigenvalue weighted by atomic mass is 35.5. The highest BCUT2D eigenvalue weighted by molar-refractivity contribution is 7.89. The molecule has 224 valence electrons. The molecule has 0 bridgehead atoms. The first kappa shape index (κ1) is 30.2. The molecule has 8 nitrogen and oxygen atoms in total. The Hall–Kier alpha value is -2.31. The average molecular weight is 613 g/mol. The van der Waals surface area contributed by atoms with Crippen LogP contribution in [0.15, 0.2) is 47.4 Å². The Morgan fingerprint density at radius 3 is 2.24 bits per heavy atom. The Morgan fingerprint density at radius 1 is 1.05 bits per heavy atom. The van der Waals surface area contributed by atoms with Crippen LogP contribution in [0.4, 0.5) is 13.6 Å². The summed E-state index contributed by atoms with van der Waals surface area (Å²) in [6, 6.07) is 7.25. The monoisotopic (exact) mass is 612 g/mol. The number of amides is 1. The van der Waals surface area contributed by atoms with Gasteiger partial charge in [0.25, 0.3) is 0 Å². The van der Waals surface area contributed by atoms with Gasteiger partial charge in [0.2, 0.25) is 10.0 Å². The van der Waals surface area contributed by atoms with Crippen LogP contribution in [0.3, 0.4) is 0 Å². The van der Waals surface area contributed by atoms with Crippen molar-refractivity contribution in [1.29, 1.82) is 0 Å². The second kappa shape index (κ2) is 11.8. The predicted octanol–water partition coefficient (Wildman–Crippen LogP) is 5.44. The molecule has 0 unspecified atom stereocenters. The maximum atomic E-state index is 14.3. The summed E-state index contributed by atoms with van der Waals surface area (Å²) in [6.07, 6.45) is 3.34. The molecule has 1 saturated carbocycles. The third kappa shape index (κ3) is 6.10. The van der Waals surface area contributed by atoms with E-state index in [9.17, 15) is 27.1 Å². The zero-order valence-corrected chi connectivity index (χ0v) is 24.5. The maximum absolute atomic E-state index is 14.3. The molecule has 0 radical (unpaired) electrons. The minimum Gasteiger partial charge on any atom is -0.441 e. The maximum Gasteiger partial charge on any atom is 0.410 e. The van der Waals surface area contributed by atoms with Crippen LogP contribution >= 0.6 is 11.6 Å². The molecule has 3 fully saturated rings. The van der Waals surface area contributed by atoms with E-state index in [2.05, 4.69) is 0 Å². The molecule has 2 aliphatic heterocycles. The summed E-state index contributed by atoms with van der Waals surface area (Å²) in [5.41, 5.74) is -1.34. The molecular weight excluding hydrogens is 578 g/mol. The van der Waals surface area contributed by atoms with Crippen LogP contribution < -0.4 is 0 Å². The van der Waals surface area contributed by atoms with Crippen molar-refractivity contribution >= 4 is 27.7 Å². The lowest BCUT2D eigenvalue weighted by Gasteiger charge is -2.45. The zero-order valence-electron chi connectivity index (χ0n) is 22.9. The summed E-state index contributed by atoms with van der Waals surface area (Å²) in [5.74, 6) is -1.59. The van der Waals surface area contributed by atoms with Crippen molar-refractivity contribution in [2.24, 2.45) is 0 Å². The molecule has 0 spiro atoms. The van der Waals surface area contributed by atoms with Gasteiger partial charge in [-0.05, 0) is 93.3 Å². The van der Waals surface area contributed by atoms with E-state index in [1.807, 2.05) is 0 Å². The minimum absolute atomic E-state index is 0.00591. The summed E-state index contributed by atoms with van der Waals surface area (Å²) in [6.45, 7) is 0.744. The Bertz CT molecular complexity index is 1340. The molecule has 2 aromatic carbocycles. The van der Waals surface area contributed by atoms with Gasteiger partial charge in [0, 0.05) is 37.9 Å². The van der Waals surface area contributed by atoms with Crippen LogP contribution in [0.5, 0.6) is 0 Å². The number of nitrogens with zero attached hydrogens (tertiary/aromatic N) is 2. The summed E-state index contributed by atoms with van der Waals surface area (Å²) < 4.78 is 70.1.